The highest BCUT2D eigenvalue weighted by Crippen LogP contribution is 2.32. The highest BCUT2D eigenvalue weighted by atomic mass is 32.2. The number of benzene rings is 1. The van der Waals surface area contributed by atoms with Gasteiger partial charge in [0.2, 0.25) is 10.0 Å². The molecule has 0 bridgehead atoms. The molecule has 1 aromatic carbocycles. The number of nitrogen functional groups attached to an aromatic ring is 1. The van der Waals surface area contributed by atoms with Crippen molar-refractivity contribution in [3.63, 3.8) is 0 Å². The van der Waals surface area contributed by atoms with Gasteiger partial charge in [0.05, 0.1) is 4.90 Å². The van der Waals surface area contributed by atoms with Crippen molar-refractivity contribution >= 4 is 15.7 Å². The summed E-state index contributed by atoms with van der Waals surface area (Å²) in [5.74, 6) is 0.544. The maximum absolute atomic E-state index is 12.9. The Labute approximate surface area is 122 Å². The van der Waals surface area contributed by atoms with E-state index in [0.29, 0.717) is 36.0 Å². The molecule has 5 heteroatoms. The molecule has 1 aliphatic rings. The Morgan fingerprint density at radius 1 is 1.30 bits per heavy atom. The van der Waals surface area contributed by atoms with E-state index in [1.807, 2.05) is 19.9 Å². The molecular weight excluding hydrogens is 272 g/mol. The number of aryl methyl sites for hydroxylation is 1. The van der Waals surface area contributed by atoms with Crippen LogP contribution in [0.3, 0.4) is 0 Å². The normalized spacial score (nSPS) is 15.8. The summed E-state index contributed by atoms with van der Waals surface area (Å²) in [6.45, 7) is 5.20. The van der Waals surface area contributed by atoms with Crippen LogP contribution in [0.25, 0.3) is 0 Å². The number of nitrogens with two attached hydrogens (primary N) is 1. The van der Waals surface area contributed by atoms with Crippen LogP contribution in [-0.2, 0) is 16.4 Å². The summed E-state index contributed by atoms with van der Waals surface area (Å²) in [7, 11) is -3.43. The van der Waals surface area contributed by atoms with Crippen LogP contribution in [0.5, 0.6) is 0 Å². The summed E-state index contributed by atoms with van der Waals surface area (Å²) in [6.07, 6.45) is 3.81. The molecule has 20 heavy (non-hydrogen) atoms. The van der Waals surface area contributed by atoms with Gasteiger partial charge in [-0.3, -0.25) is 0 Å². The summed E-state index contributed by atoms with van der Waals surface area (Å²) in [5, 5.41) is 0. The van der Waals surface area contributed by atoms with Crippen LogP contribution in [0.15, 0.2) is 23.1 Å². The predicted octanol–water partition coefficient (Wildman–Crippen LogP) is 2.64. The van der Waals surface area contributed by atoms with Crippen molar-refractivity contribution in [1.82, 2.24) is 4.31 Å². The van der Waals surface area contributed by atoms with E-state index in [1.54, 1.807) is 16.4 Å². The average molecular weight is 296 g/mol. The van der Waals surface area contributed by atoms with E-state index in [0.717, 1.165) is 24.8 Å². The third kappa shape index (κ3) is 3.33. The molecule has 4 nitrogen and oxygen atoms in total. The molecule has 2 rings (SSSR count). The van der Waals surface area contributed by atoms with Crippen LogP contribution in [0, 0.1) is 5.92 Å². The molecule has 0 saturated heterocycles. The van der Waals surface area contributed by atoms with E-state index in [2.05, 4.69) is 0 Å². The molecule has 0 unspecified atom stereocenters. The van der Waals surface area contributed by atoms with Crippen molar-refractivity contribution in [3.05, 3.63) is 23.8 Å². The number of sulfonamides is 1. The lowest BCUT2D eigenvalue weighted by Gasteiger charge is -2.23. The van der Waals surface area contributed by atoms with E-state index < -0.39 is 10.0 Å². The SMILES string of the molecule is CCCN(CC1CC1)S(=O)(=O)c1cc(N)ccc1CC. The largest absolute Gasteiger partial charge is 0.399 e. The molecule has 1 aromatic rings. The lowest BCUT2D eigenvalue weighted by atomic mass is 10.1. The van der Waals surface area contributed by atoms with Crippen molar-refractivity contribution in [2.75, 3.05) is 18.8 Å². The second-order valence-corrected chi connectivity index (χ2v) is 7.43. The van der Waals surface area contributed by atoms with Gasteiger partial charge in [0.25, 0.3) is 0 Å². The Hall–Kier alpha value is -1.07. The number of rotatable bonds is 7. The second kappa shape index (κ2) is 6.14. The molecule has 112 valence electrons. The molecule has 1 fully saturated rings. The fourth-order valence-corrected chi connectivity index (χ4v) is 4.33. The lowest BCUT2D eigenvalue weighted by Crippen LogP contribution is -2.34. The highest BCUT2D eigenvalue weighted by molar-refractivity contribution is 7.89. The van der Waals surface area contributed by atoms with Crippen molar-refractivity contribution in [2.45, 2.75) is 44.4 Å². The Morgan fingerprint density at radius 2 is 2.00 bits per heavy atom. The summed E-state index contributed by atoms with van der Waals surface area (Å²) >= 11 is 0. The van der Waals surface area contributed by atoms with Crippen molar-refractivity contribution in [1.29, 1.82) is 0 Å². The van der Waals surface area contributed by atoms with Gasteiger partial charge in [0, 0.05) is 18.8 Å². The molecule has 1 aliphatic carbocycles. The van der Waals surface area contributed by atoms with Crippen molar-refractivity contribution < 1.29 is 8.42 Å². The minimum Gasteiger partial charge on any atom is -0.399 e. The van der Waals surface area contributed by atoms with E-state index in [9.17, 15) is 8.42 Å². The lowest BCUT2D eigenvalue weighted by molar-refractivity contribution is 0.395. The molecule has 0 aromatic heterocycles. The third-order valence-corrected chi connectivity index (χ3v) is 5.67. The first-order chi connectivity index (χ1) is 9.48. The van der Waals surface area contributed by atoms with E-state index in [1.165, 1.54) is 0 Å². The van der Waals surface area contributed by atoms with Crippen molar-refractivity contribution in [2.24, 2.45) is 5.92 Å². The van der Waals surface area contributed by atoms with Gasteiger partial charge in [-0.2, -0.15) is 4.31 Å². The fraction of sp³-hybridized carbons (Fsp3) is 0.600. The van der Waals surface area contributed by atoms with Crippen LogP contribution in [0.2, 0.25) is 0 Å². The third-order valence-electron chi connectivity index (χ3n) is 3.72. The van der Waals surface area contributed by atoms with E-state index >= 15 is 0 Å². The molecule has 0 amide bonds. The van der Waals surface area contributed by atoms with E-state index in [-0.39, 0.29) is 0 Å². The Balaban J connectivity index is 2.37. The zero-order chi connectivity index (χ0) is 14.8. The average Bonchev–Trinajstić information content (AvgIpc) is 3.22. The minimum atomic E-state index is -3.43. The Morgan fingerprint density at radius 3 is 2.55 bits per heavy atom. The maximum Gasteiger partial charge on any atom is 0.243 e. The first kappa shape index (κ1) is 15.3. The molecule has 0 atom stereocenters. The summed E-state index contributed by atoms with van der Waals surface area (Å²) in [4.78, 5) is 0.383. The number of nitrogens with zero attached hydrogens (tertiary/aromatic N) is 1. The quantitative estimate of drug-likeness (QED) is 0.787. The predicted molar refractivity (Wildman–Crippen MR) is 82.0 cm³/mol. The topological polar surface area (TPSA) is 63.4 Å². The Bertz CT molecular complexity index is 565. The molecule has 2 N–H and O–H groups in total. The first-order valence-electron chi connectivity index (χ1n) is 7.37. The standard InChI is InChI=1S/C15H24N2O2S/c1-3-9-17(11-12-5-6-12)20(18,19)15-10-14(16)8-7-13(15)4-2/h7-8,10,12H,3-6,9,11,16H2,1-2H3. The van der Waals surface area contributed by atoms with Gasteiger partial charge in [-0.25, -0.2) is 8.42 Å². The zero-order valence-electron chi connectivity index (χ0n) is 12.3. The fourth-order valence-electron chi connectivity index (χ4n) is 2.39. The monoisotopic (exact) mass is 296 g/mol. The minimum absolute atomic E-state index is 0.383. The van der Waals surface area contributed by atoms with Gasteiger partial charge >= 0.3 is 0 Å². The summed E-state index contributed by atoms with van der Waals surface area (Å²) in [6, 6.07) is 5.19. The summed E-state index contributed by atoms with van der Waals surface area (Å²) < 4.78 is 27.4. The maximum atomic E-state index is 12.9. The van der Waals surface area contributed by atoms with Gasteiger partial charge in [-0.15, -0.1) is 0 Å². The first-order valence-corrected chi connectivity index (χ1v) is 8.81. The number of hydrogen-bond acceptors (Lipinski definition) is 3. The summed E-state index contributed by atoms with van der Waals surface area (Å²) in [5.41, 5.74) is 7.13. The van der Waals surface area contributed by atoms with Gasteiger partial charge in [0.1, 0.15) is 0 Å². The molecule has 0 aliphatic heterocycles. The molecule has 1 saturated carbocycles. The van der Waals surface area contributed by atoms with Gasteiger partial charge in [-0.05, 0) is 49.3 Å². The van der Waals surface area contributed by atoms with Gasteiger partial charge in [0.15, 0.2) is 0 Å². The molecule has 0 heterocycles. The molecule has 0 radical (unpaired) electrons. The van der Waals surface area contributed by atoms with Crippen LogP contribution < -0.4 is 5.73 Å². The van der Waals surface area contributed by atoms with Crippen LogP contribution in [-0.4, -0.2) is 25.8 Å². The molecule has 0 spiro atoms. The molecular formula is C15H24N2O2S. The smallest absolute Gasteiger partial charge is 0.243 e. The van der Waals surface area contributed by atoms with Crippen LogP contribution in [0.4, 0.5) is 5.69 Å². The second-order valence-electron chi connectivity index (χ2n) is 5.53. The Kier molecular flexibility index (Phi) is 4.70. The van der Waals surface area contributed by atoms with Crippen LogP contribution in [0.1, 0.15) is 38.7 Å². The number of anilines is 1. The number of hydrogen-bond donors (Lipinski definition) is 1. The van der Waals surface area contributed by atoms with E-state index in [4.69, 9.17) is 5.73 Å². The zero-order valence-corrected chi connectivity index (χ0v) is 13.1. The van der Waals surface area contributed by atoms with Gasteiger partial charge in [-0.1, -0.05) is 19.9 Å². The van der Waals surface area contributed by atoms with Gasteiger partial charge < -0.3 is 5.73 Å². The van der Waals surface area contributed by atoms with Crippen LogP contribution >= 0.6 is 0 Å². The highest BCUT2D eigenvalue weighted by Gasteiger charge is 2.32. The van der Waals surface area contributed by atoms with Crippen molar-refractivity contribution in [3.8, 4) is 0 Å².